The highest BCUT2D eigenvalue weighted by atomic mass is 28.4. The van der Waals surface area contributed by atoms with Crippen LogP contribution in [0.4, 0.5) is 19.0 Å². The first-order chi connectivity index (χ1) is 25.0. The summed E-state index contributed by atoms with van der Waals surface area (Å²) in [6.07, 6.45) is 1.10. The quantitative estimate of drug-likeness (QED) is 0.152. The van der Waals surface area contributed by atoms with Crippen LogP contribution in [0.2, 0.25) is 5.04 Å². The highest BCUT2D eigenvalue weighted by Crippen LogP contribution is 2.45. The van der Waals surface area contributed by atoms with Gasteiger partial charge in [0.15, 0.2) is 11.5 Å². The van der Waals surface area contributed by atoms with E-state index in [9.17, 15) is 4.39 Å². The number of hydrogen-bond donors (Lipinski definition) is 1. The molecule has 0 unspecified atom stereocenters. The maximum Gasteiger partial charge on any atom is 0.282 e. The number of fused-ring (bicyclic) bond motifs is 2. The number of aromatic nitrogens is 1. The van der Waals surface area contributed by atoms with Crippen molar-refractivity contribution in [2.24, 2.45) is 0 Å². The molecule has 276 valence electrons. The van der Waals surface area contributed by atoms with Gasteiger partial charge in [-0.15, -0.1) is 0 Å². The highest BCUT2D eigenvalue weighted by molar-refractivity contribution is 6.99. The van der Waals surface area contributed by atoms with Crippen LogP contribution in [0.3, 0.4) is 0 Å². The van der Waals surface area contributed by atoms with E-state index in [1.54, 1.807) is 0 Å². The lowest BCUT2D eigenvalue weighted by atomic mass is 9.86. The fraction of sp³-hybridized carbons (Fsp3) is 0.439. The third-order valence-corrected chi connectivity index (χ3v) is 15.6. The molecular weight excluding hydrogens is 682 g/mol. The molecule has 4 heterocycles. The Balaban J connectivity index is 1.20. The first-order valence-electron chi connectivity index (χ1n) is 18.3. The Kier molecular flexibility index (Phi) is 10.4. The Morgan fingerprint density at radius 1 is 0.904 bits per heavy atom. The Morgan fingerprint density at radius 2 is 1.56 bits per heavy atom. The van der Waals surface area contributed by atoms with Gasteiger partial charge in [0.1, 0.15) is 5.82 Å². The molecule has 3 aliphatic heterocycles. The van der Waals surface area contributed by atoms with E-state index in [2.05, 4.69) is 31.0 Å². The second-order valence-corrected chi connectivity index (χ2v) is 19.7. The smallest absolute Gasteiger partial charge is 0.282 e. The van der Waals surface area contributed by atoms with Gasteiger partial charge in [-0.3, -0.25) is 14.2 Å². The number of alkyl halides is 3. The molecule has 3 aromatic carbocycles. The minimum absolute atomic E-state index is 0.126. The molecule has 2 atom stereocenters. The molecule has 0 amide bonds. The fourth-order valence-electron chi connectivity index (χ4n) is 8.18. The predicted molar refractivity (Wildman–Crippen MR) is 201 cm³/mol. The molecule has 0 radical (unpaired) electrons. The molecular formula is C41H49F3N4O3Si. The zero-order chi connectivity index (χ0) is 36.5. The van der Waals surface area contributed by atoms with Crippen LogP contribution in [0.25, 0.3) is 0 Å². The summed E-state index contributed by atoms with van der Waals surface area (Å²) in [7, 11) is -3.20. The van der Waals surface area contributed by atoms with E-state index in [-0.39, 0.29) is 25.6 Å². The molecule has 3 aliphatic rings. The summed E-state index contributed by atoms with van der Waals surface area (Å²) in [6.45, 7) is 9.21. The van der Waals surface area contributed by atoms with Gasteiger partial charge in [0.05, 0.1) is 37.6 Å². The van der Waals surface area contributed by atoms with Crippen LogP contribution >= 0.6 is 0 Å². The number of ether oxygens (including phenoxy) is 2. The number of pyridine rings is 1. The number of nitrogens with one attached hydrogen (secondary N) is 1. The lowest BCUT2D eigenvalue weighted by Gasteiger charge is -2.45. The van der Waals surface area contributed by atoms with E-state index in [1.807, 2.05) is 103 Å². The summed E-state index contributed by atoms with van der Waals surface area (Å²) < 4.78 is 64.5. The highest BCUT2D eigenvalue weighted by Gasteiger charge is 2.52. The van der Waals surface area contributed by atoms with Crippen LogP contribution in [0, 0.1) is 0 Å². The van der Waals surface area contributed by atoms with Gasteiger partial charge < -0.3 is 19.2 Å². The van der Waals surface area contributed by atoms with Gasteiger partial charge in [-0.05, 0) is 70.6 Å². The Hall–Kier alpha value is -3.90. The summed E-state index contributed by atoms with van der Waals surface area (Å²) in [5, 5.41) is 5.00. The fourth-order valence-corrected chi connectivity index (χ4v) is 12.8. The summed E-state index contributed by atoms with van der Waals surface area (Å²) in [5.74, 6) is -1.22. The Morgan fingerprint density at radius 3 is 2.19 bits per heavy atom. The van der Waals surface area contributed by atoms with E-state index in [1.165, 1.54) is 0 Å². The van der Waals surface area contributed by atoms with Crippen molar-refractivity contribution in [2.45, 2.75) is 69.6 Å². The maximum atomic E-state index is 16.8. The SMILES string of the molecule is C[C@@H]1Cc2cc3c(cc2[C@@H](c2cccc(NC4CN(CCCF)C4)n2)N1CC(F)(F)CO[Si](c1ccccc1)(c1ccccc1)C(C)(C)C)OCO3. The molecule has 7 nitrogen and oxygen atoms in total. The van der Waals surface area contributed by atoms with Crippen molar-refractivity contribution in [3.63, 3.8) is 0 Å². The minimum atomic E-state index is -3.20. The van der Waals surface area contributed by atoms with E-state index in [0.29, 0.717) is 35.9 Å². The average Bonchev–Trinajstić information content (AvgIpc) is 3.57. The van der Waals surface area contributed by atoms with Crippen molar-refractivity contribution in [1.82, 2.24) is 14.8 Å². The van der Waals surface area contributed by atoms with Crippen LogP contribution in [0.1, 0.15) is 57.0 Å². The van der Waals surface area contributed by atoms with Crippen LogP contribution in [-0.2, 0) is 10.8 Å². The Labute approximate surface area is 306 Å². The number of likely N-dealkylation sites (tertiary alicyclic amines) is 1. The van der Waals surface area contributed by atoms with Crippen molar-refractivity contribution >= 4 is 24.5 Å². The molecule has 1 aromatic heterocycles. The van der Waals surface area contributed by atoms with Crippen molar-refractivity contribution < 1.29 is 27.1 Å². The summed E-state index contributed by atoms with van der Waals surface area (Å²) >= 11 is 0. The van der Waals surface area contributed by atoms with E-state index >= 15 is 8.78 Å². The lowest BCUT2D eigenvalue weighted by Crippen LogP contribution is -2.67. The third-order valence-electron chi connectivity index (χ3n) is 10.6. The number of rotatable bonds is 13. The van der Waals surface area contributed by atoms with Crippen molar-refractivity contribution in [2.75, 3.05) is 51.6 Å². The Bertz CT molecular complexity index is 1780. The monoisotopic (exact) mass is 730 g/mol. The minimum Gasteiger partial charge on any atom is -0.454 e. The predicted octanol–water partition coefficient (Wildman–Crippen LogP) is 6.81. The topological polar surface area (TPSA) is 59.1 Å². The molecule has 4 aromatic rings. The summed E-state index contributed by atoms with van der Waals surface area (Å²) in [4.78, 5) is 9.13. The zero-order valence-corrected chi connectivity index (χ0v) is 31.5. The first kappa shape index (κ1) is 36.5. The van der Waals surface area contributed by atoms with E-state index in [0.717, 1.165) is 41.1 Å². The van der Waals surface area contributed by atoms with E-state index < -0.39 is 38.5 Å². The number of benzene rings is 3. The number of anilines is 1. The molecule has 52 heavy (non-hydrogen) atoms. The molecule has 1 N–H and O–H groups in total. The third kappa shape index (κ3) is 7.33. The van der Waals surface area contributed by atoms with E-state index in [4.69, 9.17) is 18.9 Å². The van der Waals surface area contributed by atoms with Crippen LogP contribution in [-0.4, -0.2) is 87.4 Å². The lowest BCUT2D eigenvalue weighted by molar-refractivity contribution is -0.0821. The van der Waals surface area contributed by atoms with Gasteiger partial charge in [-0.1, -0.05) is 87.5 Å². The second-order valence-electron chi connectivity index (χ2n) is 15.4. The standard InChI is InChI=1S/C41H49F3N4O3Si/c1-29-21-30-22-36-37(50-28-49-36)23-34(30)39(35-17-11-18-38(46-35)45-31-24-47(25-31)20-12-19-42)48(29)26-41(43,44)27-51-52(40(2,3)4,32-13-7-5-8-14-32)33-15-9-6-10-16-33/h5-11,13-18,22-23,29,31,39H,12,19-21,24-28H2,1-4H3,(H,45,46)/t29-,39+/m1/s1. The van der Waals surface area contributed by atoms with Gasteiger partial charge in [-0.2, -0.15) is 0 Å². The molecule has 0 saturated carbocycles. The van der Waals surface area contributed by atoms with Crippen LogP contribution in [0.15, 0.2) is 91.0 Å². The molecule has 0 aliphatic carbocycles. The molecule has 1 saturated heterocycles. The summed E-state index contributed by atoms with van der Waals surface area (Å²) in [6, 6.07) is 28.9. The zero-order valence-electron chi connectivity index (χ0n) is 30.5. The van der Waals surface area contributed by atoms with Gasteiger partial charge in [0, 0.05) is 25.7 Å². The first-order valence-corrected chi connectivity index (χ1v) is 20.2. The van der Waals surface area contributed by atoms with Crippen LogP contribution < -0.4 is 25.2 Å². The summed E-state index contributed by atoms with van der Waals surface area (Å²) in [5.41, 5.74) is 2.60. The van der Waals surface area contributed by atoms with Crippen molar-refractivity contribution in [3.8, 4) is 11.5 Å². The molecule has 11 heteroatoms. The normalized spacial score (nSPS) is 19.7. The van der Waals surface area contributed by atoms with Crippen LogP contribution in [0.5, 0.6) is 11.5 Å². The number of halogens is 3. The molecule has 0 bridgehead atoms. The number of hydrogen-bond acceptors (Lipinski definition) is 7. The molecule has 7 rings (SSSR count). The second kappa shape index (κ2) is 14.8. The number of nitrogens with zero attached hydrogens (tertiary/aromatic N) is 3. The van der Waals surface area contributed by atoms with Gasteiger partial charge in [0.25, 0.3) is 14.2 Å². The molecule has 0 spiro atoms. The average molecular weight is 731 g/mol. The van der Waals surface area contributed by atoms with Gasteiger partial charge >= 0.3 is 0 Å². The van der Waals surface area contributed by atoms with Gasteiger partial charge in [0.2, 0.25) is 6.79 Å². The van der Waals surface area contributed by atoms with Gasteiger partial charge in [-0.25, -0.2) is 13.8 Å². The molecule has 1 fully saturated rings. The maximum absolute atomic E-state index is 16.8. The van der Waals surface area contributed by atoms with Crippen molar-refractivity contribution in [1.29, 1.82) is 0 Å². The van der Waals surface area contributed by atoms with Crippen molar-refractivity contribution in [3.05, 3.63) is 108 Å². The largest absolute Gasteiger partial charge is 0.454 e.